The van der Waals surface area contributed by atoms with E-state index in [1.54, 1.807) is 49.6 Å². The third kappa shape index (κ3) is 5.26. The Hall–Kier alpha value is -3.57. The number of nitrogens with zero attached hydrogens (tertiary/aromatic N) is 2. The molecule has 0 spiro atoms. The first-order chi connectivity index (χ1) is 16.0. The molecule has 3 aromatic rings. The summed E-state index contributed by atoms with van der Waals surface area (Å²) in [6.07, 6.45) is -0.415. The number of carbonyl (C=O) groups is 1. The second kappa shape index (κ2) is 9.92. The number of hydrogen-bond donors (Lipinski definition) is 1. The largest absolute Gasteiger partial charge is 0.497 e. The molecule has 1 aliphatic heterocycles. The Morgan fingerprint density at radius 3 is 2.58 bits per heavy atom. The van der Waals surface area contributed by atoms with Gasteiger partial charge in [0.2, 0.25) is 10.0 Å². The quantitative estimate of drug-likeness (QED) is 0.496. The number of fused-ring (bicyclic) bond motifs is 1. The van der Waals surface area contributed by atoms with E-state index >= 15 is 0 Å². The molecule has 10 nitrogen and oxygen atoms in total. The minimum atomic E-state index is -3.69. The second-order valence-corrected chi connectivity index (χ2v) is 9.07. The summed E-state index contributed by atoms with van der Waals surface area (Å²) >= 11 is 0. The number of aromatic nitrogens is 1. The van der Waals surface area contributed by atoms with Gasteiger partial charge in [0.05, 0.1) is 24.1 Å². The predicted molar refractivity (Wildman–Crippen MR) is 117 cm³/mol. The topological polar surface area (TPSA) is 120 Å². The van der Waals surface area contributed by atoms with Crippen molar-refractivity contribution in [3.63, 3.8) is 0 Å². The second-order valence-electron chi connectivity index (χ2n) is 7.13. The van der Waals surface area contributed by atoms with E-state index in [2.05, 4.69) is 10.5 Å². The van der Waals surface area contributed by atoms with Crippen molar-refractivity contribution >= 4 is 16.1 Å². The molecule has 0 saturated carbocycles. The number of amides is 1. The Morgan fingerprint density at radius 2 is 1.85 bits per heavy atom. The van der Waals surface area contributed by atoms with Crippen LogP contribution in [0.3, 0.4) is 0 Å². The third-order valence-electron chi connectivity index (χ3n) is 5.03. The van der Waals surface area contributed by atoms with Crippen molar-refractivity contribution in [2.24, 2.45) is 0 Å². The van der Waals surface area contributed by atoms with Gasteiger partial charge in [-0.15, -0.1) is 0 Å². The number of hydrogen-bond acceptors (Lipinski definition) is 8. The van der Waals surface area contributed by atoms with Crippen LogP contribution in [0.25, 0.3) is 0 Å². The van der Waals surface area contributed by atoms with Crippen LogP contribution in [0.4, 0.5) is 4.79 Å². The van der Waals surface area contributed by atoms with Crippen molar-refractivity contribution in [2.45, 2.75) is 17.9 Å². The Labute approximate surface area is 191 Å². The maximum Gasteiger partial charge on any atom is 0.414 e. The maximum atomic E-state index is 12.9. The summed E-state index contributed by atoms with van der Waals surface area (Å²) in [5, 5.41) is 6.36. The van der Waals surface area contributed by atoms with Gasteiger partial charge in [-0.3, -0.25) is 0 Å². The first kappa shape index (κ1) is 22.6. The predicted octanol–water partition coefficient (Wildman–Crippen LogP) is 2.60. The van der Waals surface area contributed by atoms with Gasteiger partial charge in [0.1, 0.15) is 23.9 Å². The molecule has 0 unspecified atom stereocenters. The first-order valence-corrected chi connectivity index (χ1v) is 11.7. The SMILES string of the molecule is COc1ccc(OCCNC(=O)Oc2noc3c2CN(S(=O)(=O)c2ccccc2)CC3)cc1. The molecule has 2 aromatic carbocycles. The normalized spacial score (nSPS) is 13.7. The van der Waals surface area contributed by atoms with Gasteiger partial charge >= 0.3 is 6.09 Å². The van der Waals surface area contributed by atoms with Crippen LogP contribution in [0.5, 0.6) is 17.4 Å². The van der Waals surface area contributed by atoms with Crippen LogP contribution in [-0.4, -0.2) is 50.8 Å². The fourth-order valence-corrected chi connectivity index (χ4v) is 4.73. The van der Waals surface area contributed by atoms with E-state index in [1.807, 2.05) is 0 Å². The summed E-state index contributed by atoms with van der Waals surface area (Å²) < 4.78 is 48.3. The summed E-state index contributed by atoms with van der Waals surface area (Å²) in [6, 6.07) is 15.2. The van der Waals surface area contributed by atoms with Gasteiger partial charge in [-0.05, 0) is 41.6 Å². The zero-order valence-electron chi connectivity index (χ0n) is 17.9. The van der Waals surface area contributed by atoms with Gasteiger partial charge in [0, 0.05) is 19.5 Å². The van der Waals surface area contributed by atoms with Gasteiger partial charge < -0.3 is 24.1 Å². The van der Waals surface area contributed by atoms with E-state index in [0.29, 0.717) is 23.5 Å². The summed E-state index contributed by atoms with van der Waals surface area (Å²) in [4.78, 5) is 12.4. The zero-order valence-corrected chi connectivity index (χ0v) is 18.7. The molecular weight excluding hydrogens is 450 g/mol. The lowest BCUT2D eigenvalue weighted by Crippen LogP contribution is -2.36. The number of sulfonamides is 1. The van der Waals surface area contributed by atoms with Crippen LogP contribution < -0.4 is 19.5 Å². The van der Waals surface area contributed by atoms with Crippen LogP contribution in [0.2, 0.25) is 0 Å². The van der Waals surface area contributed by atoms with E-state index in [-0.39, 0.29) is 37.0 Å². The highest BCUT2D eigenvalue weighted by atomic mass is 32.2. The van der Waals surface area contributed by atoms with Crippen LogP contribution in [0.15, 0.2) is 64.0 Å². The zero-order chi connectivity index (χ0) is 23.3. The molecule has 0 atom stereocenters. The molecule has 1 N–H and O–H groups in total. The fraction of sp³-hybridized carbons (Fsp3) is 0.273. The third-order valence-corrected chi connectivity index (χ3v) is 6.89. The van der Waals surface area contributed by atoms with Gasteiger partial charge in [0.25, 0.3) is 5.88 Å². The van der Waals surface area contributed by atoms with E-state index in [4.69, 9.17) is 18.7 Å². The fourth-order valence-electron chi connectivity index (χ4n) is 3.30. The van der Waals surface area contributed by atoms with Crippen molar-refractivity contribution in [2.75, 3.05) is 26.8 Å². The Morgan fingerprint density at radius 1 is 1.12 bits per heavy atom. The van der Waals surface area contributed by atoms with Gasteiger partial charge in [-0.2, -0.15) is 4.31 Å². The van der Waals surface area contributed by atoms with E-state index in [0.717, 1.165) is 5.75 Å². The van der Waals surface area contributed by atoms with Crippen molar-refractivity contribution in [1.29, 1.82) is 0 Å². The molecule has 0 bridgehead atoms. The molecular formula is C22H23N3O7S. The molecule has 0 fully saturated rings. The molecule has 33 heavy (non-hydrogen) atoms. The molecule has 11 heteroatoms. The van der Waals surface area contributed by atoms with Gasteiger partial charge in [-0.1, -0.05) is 18.2 Å². The highest BCUT2D eigenvalue weighted by Crippen LogP contribution is 2.30. The summed E-state index contributed by atoms with van der Waals surface area (Å²) in [7, 11) is -2.11. The van der Waals surface area contributed by atoms with Crippen molar-refractivity contribution in [3.8, 4) is 17.4 Å². The Balaban J connectivity index is 1.31. The number of methoxy groups -OCH3 is 1. The van der Waals surface area contributed by atoms with Crippen molar-refractivity contribution in [3.05, 3.63) is 65.9 Å². The first-order valence-electron chi connectivity index (χ1n) is 10.2. The van der Waals surface area contributed by atoms with Crippen molar-refractivity contribution in [1.82, 2.24) is 14.8 Å². The number of benzene rings is 2. The number of nitrogens with one attached hydrogen (secondary N) is 1. The highest BCUT2D eigenvalue weighted by molar-refractivity contribution is 7.89. The number of carbonyl (C=O) groups excluding carboxylic acids is 1. The molecule has 0 aliphatic carbocycles. The van der Waals surface area contributed by atoms with Crippen LogP contribution in [-0.2, 0) is 23.0 Å². The Bertz CT molecular complexity index is 1190. The molecule has 1 aliphatic rings. The minimum absolute atomic E-state index is 0.000739. The minimum Gasteiger partial charge on any atom is -0.497 e. The van der Waals surface area contributed by atoms with Gasteiger partial charge in [0.15, 0.2) is 0 Å². The summed E-state index contributed by atoms with van der Waals surface area (Å²) in [5.74, 6) is 1.80. The highest BCUT2D eigenvalue weighted by Gasteiger charge is 2.33. The lowest BCUT2D eigenvalue weighted by molar-refractivity contribution is 0.192. The number of rotatable bonds is 8. The molecule has 1 aromatic heterocycles. The molecule has 174 valence electrons. The lowest BCUT2D eigenvalue weighted by atomic mass is 10.1. The maximum absolute atomic E-state index is 12.9. The lowest BCUT2D eigenvalue weighted by Gasteiger charge is -2.25. The molecule has 2 heterocycles. The van der Waals surface area contributed by atoms with Crippen LogP contribution >= 0.6 is 0 Å². The van der Waals surface area contributed by atoms with Crippen LogP contribution in [0.1, 0.15) is 11.3 Å². The summed E-state index contributed by atoms with van der Waals surface area (Å²) in [6.45, 7) is 0.661. The average molecular weight is 474 g/mol. The molecule has 0 radical (unpaired) electrons. The van der Waals surface area contributed by atoms with E-state index in [1.165, 1.54) is 16.4 Å². The standard InChI is InChI=1S/C22H23N3O7S/c1-29-16-7-9-17(10-8-16)30-14-12-23-22(26)31-21-19-15-25(13-11-20(19)32-24-21)33(27,28)18-5-3-2-4-6-18/h2-10H,11-15H2,1H3,(H,23,26). The molecule has 4 rings (SSSR count). The van der Waals surface area contributed by atoms with Crippen molar-refractivity contribution < 1.29 is 31.9 Å². The number of ether oxygens (including phenoxy) is 3. The smallest absolute Gasteiger partial charge is 0.414 e. The van der Waals surface area contributed by atoms with Crippen LogP contribution in [0, 0.1) is 0 Å². The molecule has 1 amide bonds. The monoisotopic (exact) mass is 473 g/mol. The average Bonchev–Trinajstić information content (AvgIpc) is 3.24. The summed E-state index contributed by atoms with van der Waals surface area (Å²) in [5.41, 5.74) is 0.436. The van der Waals surface area contributed by atoms with Gasteiger partial charge in [-0.25, -0.2) is 13.2 Å². The molecule has 0 saturated heterocycles. The van der Waals surface area contributed by atoms with E-state index < -0.39 is 16.1 Å². The Kier molecular flexibility index (Phi) is 6.80. The van der Waals surface area contributed by atoms with E-state index in [9.17, 15) is 13.2 Å².